The first-order valence-corrected chi connectivity index (χ1v) is 7.68. The van der Waals surface area contributed by atoms with Crippen molar-refractivity contribution in [3.05, 3.63) is 22.4 Å². The van der Waals surface area contributed by atoms with Crippen LogP contribution in [0.5, 0.6) is 0 Å². The molecule has 1 aliphatic heterocycles. The minimum atomic E-state index is -4.12. The highest BCUT2D eigenvalue weighted by molar-refractivity contribution is 9.10. The molecule has 0 N–H and O–H groups in total. The molecule has 1 aromatic heterocycles. The van der Waals surface area contributed by atoms with Gasteiger partial charge in [-0.3, -0.25) is 0 Å². The van der Waals surface area contributed by atoms with E-state index in [1.807, 2.05) is 30.0 Å². The molecule has 2 heterocycles. The average molecular weight is 366 g/mol. The minimum Gasteiger partial charge on any atom is -0.369 e. The van der Waals surface area contributed by atoms with Gasteiger partial charge >= 0.3 is 6.18 Å². The SMILES string of the molecule is CN(C)Cc1nc(Br)ccc1N1CCCC(C(F)(F)F)C1. The van der Waals surface area contributed by atoms with Crippen LogP contribution in [-0.2, 0) is 6.54 Å². The minimum absolute atomic E-state index is 0.0211. The van der Waals surface area contributed by atoms with Crippen LogP contribution >= 0.6 is 15.9 Å². The van der Waals surface area contributed by atoms with Crippen molar-refractivity contribution in [3.8, 4) is 0 Å². The fraction of sp³-hybridized carbons (Fsp3) is 0.643. The molecule has 1 saturated heterocycles. The second-order valence-corrected chi connectivity index (χ2v) is 6.48. The second kappa shape index (κ2) is 6.52. The zero-order valence-corrected chi connectivity index (χ0v) is 13.7. The summed E-state index contributed by atoms with van der Waals surface area (Å²) in [5.41, 5.74) is 1.61. The molecule has 7 heteroatoms. The lowest BCUT2D eigenvalue weighted by Crippen LogP contribution is -2.42. The molecule has 1 aromatic rings. The van der Waals surface area contributed by atoms with Crippen molar-refractivity contribution in [1.29, 1.82) is 0 Å². The van der Waals surface area contributed by atoms with Crippen molar-refractivity contribution < 1.29 is 13.2 Å². The predicted octanol–water partition coefficient (Wildman–Crippen LogP) is 3.68. The van der Waals surface area contributed by atoms with Crippen LogP contribution in [0.4, 0.5) is 18.9 Å². The lowest BCUT2D eigenvalue weighted by molar-refractivity contribution is -0.176. The summed E-state index contributed by atoms with van der Waals surface area (Å²) in [6, 6.07) is 3.64. The smallest absolute Gasteiger partial charge is 0.369 e. The van der Waals surface area contributed by atoms with Gasteiger partial charge in [0, 0.05) is 19.6 Å². The summed E-state index contributed by atoms with van der Waals surface area (Å²) >= 11 is 3.33. The average Bonchev–Trinajstić information content (AvgIpc) is 2.37. The fourth-order valence-corrected chi connectivity index (χ4v) is 2.98. The fourth-order valence-electron chi connectivity index (χ4n) is 2.63. The van der Waals surface area contributed by atoms with Gasteiger partial charge in [0.15, 0.2) is 0 Å². The van der Waals surface area contributed by atoms with Crippen molar-refractivity contribution in [2.75, 3.05) is 32.1 Å². The Bertz CT molecular complexity index is 491. The summed E-state index contributed by atoms with van der Waals surface area (Å²) in [5, 5.41) is 0. The van der Waals surface area contributed by atoms with E-state index in [0.717, 1.165) is 11.4 Å². The van der Waals surface area contributed by atoms with Crippen LogP contribution in [0.2, 0.25) is 0 Å². The van der Waals surface area contributed by atoms with E-state index < -0.39 is 12.1 Å². The van der Waals surface area contributed by atoms with E-state index in [9.17, 15) is 13.2 Å². The third-order valence-corrected chi connectivity index (χ3v) is 4.05. The highest BCUT2D eigenvalue weighted by Gasteiger charge is 2.42. The zero-order valence-electron chi connectivity index (χ0n) is 12.1. The summed E-state index contributed by atoms with van der Waals surface area (Å²) in [5.74, 6) is -1.25. The number of halogens is 4. The molecule has 21 heavy (non-hydrogen) atoms. The molecule has 1 unspecified atom stereocenters. The number of hydrogen-bond acceptors (Lipinski definition) is 3. The number of nitrogens with zero attached hydrogens (tertiary/aromatic N) is 3. The quantitative estimate of drug-likeness (QED) is 0.761. The van der Waals surface area contributed by atoms with Gasteiger partial charge in [-0.1, -0.05) is 0 Å². The Hall–Kier alpha value is -0.820. The van der Waals surface area contributed by atoms with Crippen LogP contribution < -0.4 is 4.90 Å². The van der Waals surface area contributed by atoms with Crippen LogP contribution in [0.1, 0.15) is 18.5 Å². The summed E-state index contributed by atoms with van der Waals surface area (Å²) in [6.07, 6.45) is -3.35. The van der Waals surface area contributed by atoms with Gasteiger partial charge in [0.05, 0.1) is 17.3 Å². The lowest BCUT2D eigenvalue weighted by Gasteiger charge is -2.36. The third-order valence-electron chi connectivity index (χ3n) is 3.61. The summed E-state index contributed by atoms with van der Waals surface area (Å²) in [6.45, 7) is 1.27. The van der Waals surface area contributed by atoms with Gasteiger partial charge in [0.25, 0.3) is 0 Å². The normalized spacial score (nSPS) is 20.1. The number of alkyl halides is 3. The van der Waals surface area contributed by atoms with E-state index in [2.05, 4.69) is 20.9 Å². The van der Waals surface area contributed by atoms with Crippen LogP contribution in [0, 0.1) is 5.92 Å². The predicted molar refractivity (Wildman–Crippen MR) is 80.3 cm³/mol. The Morgan fingerprint density at radius 2 is 2.10 bits per heavy atom. The molecule has 0 aliphatic carbocycles. The van der Waals surface area contributed by atoms with Gasteiger partial charge in [-0.15, -0.1) is 0 Å². The summed E-state index contributed by atoms with van der Waals surface area (Å²) in [4.78, 5) is 8.21. The number of piperidine rings is 1. The Kier molecular flexibility index (Phi) is 5.14. The first-order chi connectivity index (χ1) is 9.77. The molecule has 0 bridgehead atoms. The van der Waals surface area contributed by atoms with Crippen molar-refractivity contribution in [1.82, 2.24) is 9.88 Å². The maximum absolute atomic E-state index is 12.9. The molecule has 0 saturated carbocycles. The molecule has 1 atom stereocenters. The van der Waals surface area contributed by atoms with Gasteiger partial charge in [-0.05, 0) is 55.0 Å². The van der Waals surface area contributed by atoms with Gasteiger partial charge < -0.3 is 9.80 Å². The zero-order chi connectivity index (χ0) is 15.6. The standard InChI is InChI=1S/C14H19BrF3N3/c1-20(2)9-11-12(5-6-13(15)19-11)21-7-3-4-10(8-21)14(16,17)18/h5-6,10H,3-4,7-9H2,1-2H3. The number of hydrogen-bond donors (Lipinski definition) is 0. The van der Waals surface area contributed by atoms with Crippen LogP contribution in [0.15, 0.2) is 16.7 Å². The Balaban J connectivity index is 2.24. The van der Waals surface area contributed by atoms with Crippen LogP contribution in [0.25, 0.3) is 0 Å². The molecule has 118 valence electrons. The summed E-state index contributed by atoms with van der Waals surface area (Å²) < 4.78 is 39.5. The molecule has 1 fully saturated rings. The Morgan fingerprint density at radius 1 is 1.38 bits per heavy atom. The van der Waals surface area contributed by atoms with Crippen LogP contribution in [0.3, 0.4) is 0 Å². The van der Waals surface area contributed by atoms with E-state index in [1.54, 1.807) is 6.07 Å². The molecule has 0 amide bonds. The first-order valence-electron chi connectivity index (χ1n) is 6.89. The molecule has 1 aliphatic rings. The van der Waals surface area contributed by atoms with E-state index in [-0.39, 0.29) is 13.0 Å². The summed E-state index contributed by atoms with van der Waals surface area (Å²) in [7, 11) is 3.84. The molecular weight excluding hydrogens is 347 g/mol. The number of pyridine rings is 1. The number of anilines is 1. The molecular formula is C14H19BrF3N3. The van der Waals surface area contributed by atoms with E-state index in [0.29, 0.717) is 24.1 Å². The van der Waals surface area contributed by atoms with Crippen molar-refractivity contribution in [2.24, 2.45) is 5.92 Å². The van der Waals surface area contributed by atoms with Crippen LogP contribution in [-0.4, -0.2) is 43.2 Å². The van der Waals surface area contributed by atoms with Gasteiger partial charge in [0.2, 0.25) is 0 Å². The molecule has 0 aromatic carbocycles. The van der Waals surface area contributed by atoms with Crippen molar-refractivity contribution in [2.45, 2.75) is 25.6 Å². The largest absolute Gasteiger partial charge is 0.393 e. The molecule has 0 spiro atoms. The van der Waals surface area contributed by atoms with Gasteiger partial charge in [0.1, 0.15) is 4.60 Å². The Morgan fingerprint density at radius 3 is 2.71 bits per heavy atom. The lowest BCUT2D eigenvalue weighted by atomic mass is 9.97. The number of aromatic nitrogens is 1. The van der Waals surface area contributed by atoms with Gasteiger partial charge in [-0.25, -0.2) is 4.98 Å². The molecule has 0 radical (unpaired) electrons. The van der Waals surface area contributed by atoms with E-state index in [4.69, 9.17) is 0 Å². The topological polar surface area (TPSA) is 19.4 Å². The van der Waals surface area contributed by atoms with Crippen molar-refractivity contribution in [3.63, 3.8) is 0 Å². The maximum atomic E-state index is 12.9. The Labute approximate surface area is 131 Å². The van der Waals surface area contributed by atoms with Gasteiger partial charge in [-0.2, -0.15) is 13.2 Å². The highest BCUT2D eigenvalue weighted by Crippen LogP contribution is 2.35. The number of rotatable bonds is 3. The maximum Gasteiger partial charge on any atom is 0.393 e. The monoisotopic (exact) mass is 365 g/mol. The second-order valence-electron chi connectivity index (χ2n) is 5.66. The first kappa shape index (κ1) is 16.5. The van der Waals surface area contributed by atoms with Crippen molar-refractivity contribution >= 4 is 21.6 Å². The molecule has 3 nitrogen and oxygen atoms in total. The van der Waals surface area contributed by atoms with E-state index in [1.165, 1.54) is 0 Å². The third kappa shape index (κ3) is 4.32. The molecule has 2 rings (SSSR count). The highest BCUT2D eigenvalue weighted by atomic mass is 79.9. The van der Waals surface area contributed by atoms with E-state index >= 15 is 0 Å².